The van der Waals surface area contributed by atoms with E-state index >= 15 is 0 Å². The fraction of sp³-hybridized carbons (Fsp3) is 0.643. The van der Waals surface area contributed by atoms with E-state index in [4.69, 9.17) is 16.3 Å². The fourth-order valence-electron chi connectivity index (χ4n) is 2.63. The van der Waals surface area contributed by atoms with Crippen molar-refractivity contribution in [1.82, 2.24) is 10.3 Å². The van der Waals surface area contributed by atoms with Gasteiger partial charge in [0.25, 0.3) is 0 Å². The van der Waals surface area contributed by atoms with Crippen molar-refractivity contribution in [2.75, 3.05) is 38.7 Å². The molecule has 0 radical (unpaired) electrons. The van der Waals surface area contributed by atoms with Crippen LogP contribution < -0.4 is 10.6 Å². The highest BCUT2D eigenvalue weighted by Gasteiger charge is 2.33. The minimum Gasteiger partial charge on any atom is -0.384 e. The van der Waals surface area contributed by atoms with Gasteiger partial charge >= 0.3 is 6.18 Å². The third-order valence-corrected chi connectivity index (χ3v) is 4.20. The Bertz CT molecular complexity index is 499. The Morgan fingerprint density at radius 1 is 1.41 bits per heavy atom. The summed E-state index contributed by atoms with van der Waals surface area (Å²) in [5.41, 5.74) is -0.912. The average Bonchev–Trinajstić information content (AvgIpc) is 2.46. The van der Waals surface area contributed by atoms with E-state index in [0.717, 1.165) is 38.2 Å². The van der Waals surface area contributed by atoms with Crippen molar-refractivity contribution in [3.63, 3.8) is 0 Å². The van der Waals surface area contributed by atoms with Crippen molar-refractivity contribution in [3.8, 4) is 0 Å². The minimum absolute atomic E-state index is 0.0312. The van der Waals surface area contributed by atoms with E-state index < -0.39 is 11.7 Å². The Kier molecular flexibility index (Phi) is 5.52. The first kappa shape index (κ1) is 17.3. The second-order valence-corrected chi connectivity index (χ2v) is 6.00. The molecule has 2 heterocycles. The van der Waals surface area contributed by atoms with E-state index in [-0.39, 0.29) is 16.3 Å². The zero-order valence-electron chi connectivity index (χ0n) is 12.3. The van der Waals surface area contributed by atoms with Gasteiger partial charge < -0.3 is 15.4 Å². The summed E-state index contributed by atoms with van der Waals surface area (Å²) in [6, 6.07) is 0.891. The smallest absolute Gasteiger partial charge is 0.384 e. The highest BCUT2D eigenvalue weighted by molar-refractivity contribution is 6.32. The highest BCUT2D eigenvalue weighted by Crippen LogP contribution is 2.34. The van der Waals surface area contributed by atoms with E-state index in [1.807, 2.05) is 0 Å². The molecule has 0 bridgehead atoms. The predicted molar refractivity (Wildman–Crippen MR) is 79.2 cm³/mol. The molecule has 0 aliphatic carbocycles. The maximum absolute atomic E-state index is 12.6. The van der Waals surface area contributed by atoms with Crippen molar-refractivity contribution in [2.45, 2.75) is 19.0 Å². The summed E-state index contributed by atoms with van der Waals surface area (Å²) >= 11 is 5.91. The molecule has 0 atom stereocenters. The Labute approximate surface area is 132 Å². The Morgan fingerprint density at radius 2 is 2.09 bits per heavy atom. The first-order chi connectivity index (χ1) is 10.4. The topological polar surface area (TPSA) is 46.2 Å². The molecule has 0 amide bonds. The van der Waals surface area contributed by atoms with Crippen LogP contribution in [0, 0.1) is 5.41 Å². The van der Waals surface area contributed by atoms with Gasteiger partial charge in [0.1, 0.15) is 5.82 Å². The van der Waals surface area contributed by atoms with Crippen LogP contribution in [-0.2, 0) is 10.9 Å². The zero-order chi connectivity index (χ0) is 16.2. The monoisotopic (exact) mass is 337 g/mol. The van der Waals surface area contributed by atoms with Crippen LogP contribution in [0.1, 0.15) is 18.4 Å². The molecule has 0 saturated carbocycles. The van der Waals surface area contributed by atoms with Gasteiger partial charge in [-0.1, -0.05) is 11.6 Å². The third kappa shape index (κ3) is 4.24. The number of rotatable bonds is 5. The van der Waals surface area contributed by atoms with Crippen molar-refractivity contribution < 1.29 is 17.9 Å². The quantitative estimate of drug-likeness (QED) is 0.866. The van der Waals surface area contributed by atoms with E-state index in [1.54, 1.807) is 7.11 Å². The van der Waals surface area contributed by atoms with Gasteiger partial charge in [-0.3, -0.25) is 0 Å². The molecule has 4 nitrogen and oxygen atoms in total. The second-order valence-electron chi connectivity index (χ2n) is 5.59. The number of pyridine rings is 1. The first-order valence-corrected chi connectivity index (χ1v) is 7.40. The highest BCUT2D eigenvalue weighted by atomic mass is 35.5. The number of ether oxygens (including phenoxy) is 1. The largest absolute Gasteiger partial charge is 0.417 e. The summed E-state index contributed by atoms with van der Waals surface area (Å²) in [7, 11) is 1.65. The van der Waals surface area contributed by atoms with Crippen molar-refractivity contribution in [3.05, 3.63) is 22.8 Å². The van der Waals surface area contributed by atoms with Gasteiger partial charge in [-0.25, -0.2) is 4.98 Å². The number of aromatic nitrogens is 1. The van der Waals surface area contributed by atoms with Gasteiger partial charge in [-0.15, -0.1) is 0 Å². The van der Waals surface area contributed by atoms with Crippen LogP contribution in [0.3, 0.4) is 0 Å². The molecule has 1 aliphatic heterocycles. The third-order valence-electron chi connectivity index (χ3n) is 3.91. The van der Waals surface area contributed by atoms with Crippen molar-refractivity contribution >= 4 is 17.4 Å². The Morgan fingerprint density at radius 3 is 2.64 bits per heavy atom. The number of hydrogen-bond acceptors (Lipinski definition) is 4. The molecule has 2 rings (SSSR count). The Balaban J connectivity index is 2.06. The molecule has 0 unspecified atom stereocenters. The van der Waals surface area contributed by atoms with Gasteiger partial charge in [0.2, 0.25) is 0 Å². The van der Waals surface area contributed by atoms with Crippen LogP contribution in [0.15, 0.2) is 12.3 Å². The molecule has 1 aliphatic rings. The summed E-state index contributed by atoms with van der Waals surface area (Å²) in [6.45, 7) is 2.92. The molecule has 0 spiro atoms. The molecule has 0 aromatic carbocycles. The number of piperidine rings is 1. The maximum Gasteiger partial charge on any atom is 0.417 e. The molecular weight excluding hydrogens is 319 g/mol. The normalized spacial score (nSPS) is 18.2. The van der Waals surface area contributed by atoms with Gasteiger partial charge in [0, 0.05) is 25.3 Å². The van der Waals surface area contributed by atoms with Crippen LogP contribution >= 0.6 is 11.6 Å². The standard InChI is InChI=1S/C14H19ClF3N3O/c1-22-9-13(2-4-19-5-3-13)8-21-12-11(15)6-10(7-20-12)14(16,17)18/h6-7,19H,2-5,8-9H2,1H3,(H,20,21). The first-order valence-electron chi connectivity index (χ1n) is 7.03. The minimum atomic E-state index is -4.44. The summed E-state index contributed by atoms with van der Waals surface area (Å²) in [5, 5.41) is 6.32. The number of nitrogens with one attached hydrogen (secondary N) is 2. The fourth-order valence-corrected chi connectivity index (χ4v) is 2.86. The van der Waals surface area contributed by atoms with Gasteiger partial charge in [0.15, 0.2) is 0 Å². The number of anilines is 1. The van der Waals surface area contributed by atoms with Crippen LogP contribution in [0.2, 0.25) is 5.02 Å². The Hall–Kier alpha value is -1.05. The van der Waals surface area contributed by atoms with Crippen LogP contribution in [0.4, 0.5) is 19.0 Å². The van der Waals surface area contributed by atoms with Crippen molar-refractivity contribution in [2.24, 2.45) is 5.41 Å². The van der Waals surface area contributed by atoms with Crippen LogP contribution in [-0.4, -0.2) is 38.3 Å². The van der Waals surface area contributed by atoms with E-state index in [2.05, 4.69) is 15.6 Å². The molecule has 8 heteroatoms. The molecule has 2 N–H and O–H groups in total. The molecule has 1 aromatic rings. The summed E-state index contributed by atoms with van der Waals surface area (Å²) < 4.78 is 43.1. The van der Waals surface area contributed by atoms with Crippen LogP contribution in [0.25, 0.3) is 0 Å². The average molecular weight is 338 g/mol. The molecule has 1 aromatic heterocycles. The molecule has 124 valence electrons. The SMILES string of the molecule is COCC1(CNc2ncc(C(F)(F)F)cc2Cl)CCNCC1. The lowest BCUT2D eigenvalue weighted by Gasteiger charge is -2.37. The zero-order valence-corrected chi connectivity index (χ0v) is 13.0. The lowest BCUT2D eigenvalue weighted by molar-refractivity contribution is -0.137. The molecule has 1 fully saturated rings. The number of hydrogen-bond donors (Lipinski definition) is 2. The molecule has 22 heavy (non-hydrogen) atoms. The van der Waals surface area contributed by atoms with Gasteiger partial charge in [-0.2, -0.15) is 13.2 Å². The summed E-state index contributed by atoms with van der Waals surface area (Å²) in [6.07, 6.45) is -1.81. The van der Waals surface area contributed by atoms with Gasteiger partial charge in [0.05, 0.1) is 17.2 Å². The molecule has 1 saturated heterocycles. The molecular formula is C14H19ClF3N3O. The summed E-state index contributed by atoms with van der Waals surface area (Å²) in [4.78, 5) is 3.80. The number of alkyl halides is 3. The van der Waals surface area contributed by atoms with Gasteiger partial charge in [-0.05, 0) is 32.0 Å². The van der Waals surface area contributed by atoms with E-state index in [0.29, 0.717) is 13.2 Å². The van der Waals surface area contributed by atoms with E-state index in [1.165, 1.54) is 0 Å². The predicted octanol–water partition coefficient (Wildman–Crippen LogP) is 3.18. The number of methoxy groups -OCH3 is 1. The number of halogens is 4. The van der Waals surface area contributed by atoms with Crippen LogP contribution in [0.5, 0.6) is 0 Å². The van der Waals surface area contributed by atoms with Crippen molar-refractivity contribution in [1.29, 1.82) is 0 Å². The second kappa shape index (κ2) is 7.02. The lowest BCUT2D eigenvalue weighted by atomic mass is 9.79. The maximum atomic E-state index is 12.6. The van der Waals surface area contributed by atoms with E-state index in [9.17, 15) is 13.2 Å². The lowest BCUT2D eigenvalue weighted by Crippen LogP contribution is -2.44. The summed E-state index contributed by atoms with van der Waals surface area (Å²) in [5.74, 6) is 0.267. The number of nitrogens with zero attached hydrogens (tertiary/aromatic N) is 1.